The van der Waals surface area contributed by atoms with Crippen LogP contribution in [-0.4, -0.2) is 17.5 Å². The van der Waals surface area contributed by atoms with E-state index in [1.807, 2.05) is 43.3 Å². The van der Waals surface area contributed by atoms with Crippen LogP contribution in [0.25, 0.3) is 0 Å². The predicted octanol–water partition coefficient (Wildman–Crippen LogP) is 5.60. The van der Waals surface area contributed by atoms with Crippen LogP contribution in [0.4, 0.5) is 17.1 Å². The number of aromatic nitrogens is 1. The number of anilines is 3. The number of hydrogen-bond donors (Lipinski definition) is 2. The van der Waals surface area contributed by atoms with Crippen molar-refractivity contribution in [3.63, 3.8) is 0 Å². The number of rotatable bonds is 7. The van der Waals surface area contributed by atoms with Crippen molar-refractivity contribution in [3.8, 4) is 5.75 Å². The second-order valence-electron chi connectivity index (χ2n) is 6.75. The van der Waals surface area contributed by atoms with Crippen LogP contribution in [-0.2, 0) is 0 Å². The van der Waals surface area contributed by atoms with Crippen molar-refractivity contribution < 1.29 is 9.53 Å². The highest BCUT2D eigenvalue weighted by atomic mass is 16.5. The van der Waals surface area contributed by atoms with Crippen molar-refractivity contribution in [2.45, 2.75) is 26.7 Å². The maximum absolute atomic E-state index is 12.7. The summed E-state index contributed by atoms with van der Waals surface area (Å²) in [6.07, 6.45) is 3.24. The van der Waals surface area contributed by atoms with Crippen LogP contribution in [0.15, 0.2) is 67.0 Å². The second-order valence-corrected chi connectivity index (χ2v) is 6.75. The summed E-state index contributed by atoms with van der Waals surface area (Å²) in [5.74, 6) is 0.895. The van der Waals surface area contributed by atoms with E-state index in [-0.39, 0.29) is 5.91 Å². The molecule has 0 spiro atoms. The van der Waals surface area contributed by atoms with E-state index in [2.05, 4.69) is 41.6 Å². The molecule has 3 aromatic rings. The fraction of sp³-hybridized carbons (Fsp3) is 0.217. The number of nitrogens with zero attached hydrogens (tertiary/aromatic N) is 1. The van der Waals surface area contributed by atoms with Gasteiger partial charge in [-0.25, -0.2) is 0 Å². The molecule has 144 valence electrons. The molecular weight excluding hydrogens is 350 g/mol. The second kappa shape index (κ2) is 9.04. The summed E-state index contributed by atoms with van der Waals surface area (Å²) in [6.45, 7) is 6.77. The summed E-state index contributed by atoms with van der Waals surface area (Å²) in [4.78, 5) is 16.9. The van der Waals surface area contributed by atoms with Crippen molar-refractivity contribution in [3.05, 3.63) is 78.1 Å². The molecule has 0 aliphatic rings. The van der Waals surface area contributed by atoms with E-state index in [1.165, 1.54) is 5.56 Å². The minimum Gasteiger partial charge on any atom is -0.492 e. The molecule has 0 saturated carbocycles. The lowest BCUT2D eigenvalue weighted by Gasteiger charge is -2.12. The topological polar surface area (TPSA) is 63.2 Å². The SMILES string of the molecule is CCOc1ccccc1NC(=O)c1cncc(Nc2ccc(C(C)C)cc2)c1. The third-order valence-electron chi connectivity index (χ3n) is 4.30. The number of carbonyl (C=O) groups excluding carboxylic acids is 1. The molecule has 2 N–H and O–H groups in total. The van der Waals surface area contributed by atoms with E-state index in [9.17, 15) is 4.79 Å². The molecule has 0 bridgehead atoms. The molecule has 0 unspecified atom stereocenters. The van der Waals surface area contributed by atoms with Gasteiger partial charge in [-0.2, -0.15) is 0 Å². The highest BCUT2D eigenvalue weighted by molar-refractivity contribution is 6.05. The molecule has 28 heavy (non-hydrogen) atoms. The summed E-state index contributed by atoms with van der Waals surface area (Å²) in [6, 6.07) is 17.4. The Morgan fingerprint density at radius 3 is 2.50 bits per heavy atom. The van der Waals surface area contributed by atoms with Gasteiger partial charge >= 0.3 is 0 Å². The molecule has 0 atom stereocenters. The van der Waals surface area contributed by atoms with Crippen LogP contribution in [0.3, 0.4) is 0 Å². The van der Waals surface area contributed by atoms with E-state index in [0.29, 0.717) is 29.5 Å². The Balaban J connectivity index is 1.73. The predicted molar refractivity (Wildman–Crippen MR) is 114 cm³/mol. The minimum atomic E-state index is -0.238. The standard InChI is InChI=1S/C23H25N3O2/c1-4-28-22-8-6-5-7-21(22)26-23(27)18-13-20(15-24-14-18)25-19-11-9-17(10-12-19)16(2)3/h5-16,25H,4H2,1-3H3,(H,26,27). The summed E-state index contributed by atoms with van der Waals surface area (Å²) >= 11 is 0. The number of nitrogens with one attached hydrogen (secondary N) is 2. The molecule has 1 aromatic heterocycles. The molecule has 1 heterocycles. The highest BCUT2D eigenvalue weighted by Gasteiger charge is 2.11. The molecule has 2 aromatic carbocycles. The van der Waals surface area contributed by atoms with E-state index < -0.39 is 0 Å². The van der Waals surface area contributed by atoms with Crippen molar-refractivity contribution in [2.75, 3.05) is 17.2 Å². The first kappa shape index (κ1) is 19.4. The van der Waals surface area contributed by atoms with Gasteiger partial charge in [0.05, 0.1) is 29.7 Å². The largest absolute Gasteiger partial charge is 0.492 e. The lowest BCUT2D eigenvalue weighted by Crippen LogP contribution is -2.13. The Kier molecular flexibility index (Phi) is 6.27. The average Bonchev–Trinajstić information content (AvgIpc) is 2.70. The summed E-state index contributed by atoms with van der Waals surface area (Å²) in [5.41, 5.74) is 4.09. The van der Waals surface area contributed by atoms with Crippen molar-refractivity contribution >= 4 is 23.0 Å². The Morgan fingerprint density at radius 1 is 1.04 bits per heavy atom. The van der Waals surface area contributed by atoms with Gasteiger partial charge in [0.1, 0.15) is 5.75 Å². The zero-order valence-electron chi connectivity index (χ0n) is 16.4. The number of pyridine rings is 1. The van der Waals surface area contributed by atoms with Gasteiger partial charge in [-0.3, -0.25) is 9.78 Å². The maximum atomic E-state index is 12.7. The fourth-order valence-electron chi connectivity index (χ4n) is 2.80. The quantitative estimate of drug-likeness (QED) is 0.564. The molecular formula is C23H25N3O2. The number of benzene rings is 2. The molecule has 0 radical (unpaired) electrons. The van der Waals surface area contributed by atoms with E-state index in [1.54, 1.807) is 18.5 Å². The molecule has 5 heteroatoms. The molecule has 0 aliphatic heterocycles. The molecule has 1 amide bonds. The van der Waals surface area contributed by atoms with Crippen LogP contribution in [0.2, 0.25) is 0 Å². The van der Waals surface area contributed by atoms with Gasteiger partial charge in [0.15, 0.2) is 0 Å². The average molecular weight is 375 g/mol. The van der Waals surface area contributed by atoms with Crippen LogP contribution >= 0.6 is 0 Å². The van der Waals surface area contributed by atoms with Crippen molar-refractivity contribution in [2.24, 2.45) is 0 Å². The van der Waals surface area contributed by atoms with Gasteiger partial charge in [0.25, 0.3) is 5.91 Å². The summed E-state index contributed by atoms with van der Waals surface area (Å²) in [5, 5.41) is 6.18. The summed E-state index contributed by atoms with van der Waals surface area (Å²) in [7, 11) is 0. The van der Waals surface area contributed by atoms with Crippen LogP contribution in [0.5, 0.6) is 5.75 Å². The normalized spacial score (nSPS) is 10.6. The third kappa shape index (κ3) is 4.88. The van der Waals surface area contributed by atoms with Crippen LogP contribution in [0, 0.1) is 0 Å². The van der Waals surface area contributed by atoms with Gasteiger partial charge < -0.3 is 15.4 Å². The van der Waals surface area contributed by atoms with E-state index >= 15 is 0 Å². The first-order valence-corrected chi connectivity index (χ1v) is 9.42. The van der Waals surface area contributed by atoms with Crippen LogP contribution < -0.4 is 15.4 Å². The lowest BCUT2D eigenvalue weighted by molar-refractivity contribution is 0.102. The monoisotopic (exact) mass is 375 g/mol. The Morgan fingerprint density at radius 2 is 1.79 bits per heavy atom. The number of para-hydroxylation sites is 2. The molecule has 0 aliphatic carbocycles. The van der Waals surface area contributed by atoms with Gasteiger partial charge in [0.2, 0.25) is 0 Å². The number of amides is 1. The minimum absolute atomic E-state index is 0.238. The number of carbonyl (C=O) groups is 1. The van der Waals surface area contributed by atoms with Crippen LogP contribution in [0.1, 0.15) is 42.6 Å². The first-order valence-electron chi connectivity index (χ1n) is 9.42. The Labute approximate surface area is 165 Å². The van der Waals surface area contributed by atoms with Gasteiger partial charge in [-0.05, 0) is 48.7 Å². The molecule has 0 saturated heterocycles. The molecule has 5 nitrogen and oxygen atoms in total. The Bertz CT molecular complexity index is 937. The highest BCUT2D eigenvalue weighted by Crippen LogP contribution is 2.25. The lowest BCUT2D eigenvalue weighted by atomic mass is 10.0. The van der Waals surface area contributed by atoms with E-state index in [0.717, 1.165) is 11.4 Å². The van der Waals surface area contributed by atoms with Crippen molar-refractivity contribution in [1.29, 1.82) is 0 Å². The van der Waals surface area contributed by atoms with Gasteiger partial charge in [0, 0.05) is 11.9 Å². The van der Waals surface area contributed by atoms with Crippen molar-refractivity contribution in [1.82, 2.24) is 4.98 Å². The molecule has 3 rings (SSSR count). The Hall–Kier alpha value is -3.34. The van der Waals surface area contributed by atoms with Gasteiger partial charge in [-0.15, -0.1) is 0 Å². The van der Waals surface area contributed by atoms with Gasteiger partial charge in [-0.1, -0.05) is 38.1 Å². The number of ether oxygens (including phenoxy) is 1. The summed E-state index contributed by atoms with van der Waals surface area (Å²) < 4.78 is 5.56. The fourth-order valence-corrected chi connectivity index (χ4v) is 2.80. The molecule has 0 fully saturated rings. The van der Waals surface area contributed by atoms with E-state index in [4.69, 9.17) is 4.74 Å². The third-order valence-corrected chi connectivity index (χ3v) is 4.30. The number of hydrogen-bond acceptors (Lipinski definition) is 4. The zero-order valence-corrected chi connectivity index (χ0v) is 16.4. The zero-order chi connectivity index (χ0) is 19.9. The first-order chi connectivity index (χ1) is 13.6. The smallest absolute Gasteiger partial charge is 0.257 e. The maximum Gasteiger partial charge on any atom is 0.257 e.